The van der Waals surface area contributed by atoms with Crippen molar-refractivity contribution in [1.82, 2.24) is 0 Å². The van der Waals surface area contributed by atoms with Crippen molar-refractivity contribution in [2.45, 2.75) is 32.0 Å². The molecule has 1 atom stereocenters. The molecule has 1 aliphatic carbocycles. The highest BCUT2D eigenvalue weighted by molar-refractivity contribution is 5.96. The molecule has 0 fully saturated rings. The summed E-state index contributed by atoms with van der Waals surface area (Å²) in [4.78, 5) is 0. The van der Waals surface area contributed by atoms with Gasteiger partial charge in [-0.1, -0.05) is 48.5 Å². The van der Waals surface area contributed by atoms with Gasteiger partial charge in [-0.05, 0) is 36.0 Å². The van der Waals surface area contributed by atoms with Gasteiger partial charge in [-0.2, -0.15) is 0 Å². The second-order valence-electron chi connectivity index (χ2n) is 5.46. The fourth-order valence-electron chi connectivity index (χ4n) is 2.98. The van der Waals surface area contributed by atoms with Crippen molar-refractivity contribution in [3.63, 3.8) is 0 Å². The van der Waals surface area contributed by atoms with Crippen LogP contribution in [0, 0.1) is 5.41 Å². The molecule has 0 saturated carbocycles. The number of nitrogens with one attached hydrogen (secondary N) is 1. The molecule has 0 saturated heterocycles. The number of nitrogen functional groups attached to an aromatic ring is 1. The third-order valence-electron chi connectivity index (χ3n) is 4.06. The van der Waals surface area contributed by atoms with E-state index in [4.69, 9.17) is 15.9 Å². The molecule has 3 rings (SSSR count). The highest BCUT2D eigenvalue weighted by Crippen LogP contribution is 2.33. The van der Waals surface area contributed by atoms with Crippen molar-refractivity contribution >= 4 is 5.84 Å². The van der Waals surface area contributed by atoms with Crippen molar-refractivity contribution in [3.8, 4) is 0 Å². The lowest BCUT2D eigenvalue weighted by atomic mass is 9.89. The molecule has 0 heterocycles. The molecule has 3 nitrogen and oxygen atoms in total. The van der Waals surface area contributed by atoms with Crippen molar-refractivity contribution in [3.05, 3.63) is 70.8 Å². The fraction of sp³-hybridized carbons (Fsp3) is 0.278. The first kappa shape index (κ1) is 13.8. The average Bonchev–Trinajstić information content (AvgIpc) is 2.53. The molecule has 3 N–H and O–H groups in total. The van der Waals surface area contributed by atoms with Gasteiger partial charge in [0.1, 0.15) is 5.84 Å². The summed E-state index contributed by atoms with van der Waals surface area (Å²) in [6.07, 6.45) is 3.50. The number of rotatable bonds is 4. The Labute approximate surface area is 125 Å². The van der Waals surface area contributed by atoms with Gasteiger partial charge in [0.05, 0.1) is 12.7 Å². The van der Waals surface area contributed by atoms with Gasteiger partial charge < -0.3 is 10.5 Å². The van der Waals surface area contributed by atoms with Gasteiger partial charge in [-0.25, -0.2) is 0 Å². The van der Waals surface area contributed by atoms with E-state index in [1.54, 1.807) is 0 Å². The van der Waals surface area contributed by atoms with Crippen molar-refractivity contribution < 1.29 is 4.74 Å². The Morgan fingerprint density at radius 1 is 1.14 bits per heavy atom. The normalized spacial score (nSPS) is 17.2. The third-order valence-corrected chi connectivity index (χ3v) is 4.06. The van der Waals surface area contributed by atoms with Crippen molar-refractivity contribution in [2.24, 2.45) is 5.73 Å². The maximum absolute atomic E-state index is 7.64. The molecule has 0 aromatic heterocycles. The lowest BCUT2D eigenvalue weighted by molar-refractivity contribution is 0.0282. The standard InChI is InChI=1S/C18H20N2O/c19-18(20)16-10-4-2-7-14(16)12-21-17-11-5-8-13-6-1-3-9-15(13)17/h1-4,6-7,9-10,17H,5,8,11-12H2,(H3,19,20). The molecular weight excluding hydrogens is 260 g/mol. The molecule has 2 aromatic carbocycles. The number of amidine groups is 1. The Hall–Kier alpha value is -2.13. The largest absolute Gasteiger partial charge is 0.384 e. The van der Waals surface area contributed by atoms with E-state index in [2.05, 4.69) is 24.3 Å². The van der Waals surface area contributed by atoms with E-state index in [-0.39, 0.29) is 11.9 Å². The number of ether oxygens (including phenoxy) is 1. The van der Waals surface area contributed by atoms with Crippen LogP contribution in [0.4, 0.5) is 0 Å². The molecule has 3 heteroatoms. The molecule has 1 unspecified atom stereocenters. The van der Waals surface area contributed by atoms with Gasteiger partial charge in [-0.15, -0.1) is 0 Å². The average molecular weight is 280 g/mol. The molecule has 0 bridgehead atoms. The number of fused-ring (bicyclic) bond motifs is 1. The van der Waals surface area contributed by atoms with E-state index in [0.717, 1.165) is 30.4 Å². The highest BCUT2D eigenvalue weighted by Gasteiger charge is 2.20. The first-order chi connectivity index (χ1) is 10.3. The highest BCUT2D eigenvalue weighted by atomic mass is 16.5. The van der Waals surface area contributed by atoms with Crippen molar-refractivity contribution in [1.29, 1.82) is 5.41 Å². The number of benzene rings is 2. The summed E-state index contributed by atoms with van der Waals surface area (Å²) in [6.45, 7) is 0.495. The van der Waals surface area contributed by atoms with Gasteiger partial charge in [0.25, 0.3) is 0 Å². The molecule has 1 aliphatic rings. The lowest BCUT2D eigenvalue weighted by Crippen LogP contribution is -2.16. The summed E-state index contributed by atoms with van der Waals surface area (Å²) >= 11 is 0. The zero-order valence-electron chi connectivity index (χ0n) is 12.0. The summed E-state index contributed by atoms with van der Waals surface area (Å²) in [5.74, 6) is 0.0956. The topological polar surface area (TPSA) is 59.1 Å². The van der Waals surface area contributed by atoms with Crippen LogP contribution in [0.25, 0.3) is 0 Å². The minimum atomic E-state index is 0.0956. The summed E-state index contributed by atoms with van der Waals surface area (Å²) in [5.41, 5.74) is 10.1. The molecule has 0 radical (unpaired) electrons. The first-order valence-corrected chi connectivity index (χ1v) is 7.37. The molecule has 0 aliphatic heterocycles. The second kappa shape index (κ2) is 6.10. The summed E-state index contributed by atoms with van der Waals surface area (Å²) in [5, 5.41) is 7.64. The first-order valence-electron chi connectivity index (χ1n) is 7.37. The van der Waals surface area contributed by atoms with Gasteiger partial charge in [-0.3, -0.25) is 5.41 Å². The maximum atomic E-state index is 7.64. The molecule has 108 valence electrons. The van der Waals surface area contributed by atoms with Gasteiger partial charge >= 0.3 is 0 Å². The lowest BCUT2D eigenvalue weighted by Gasteiger charge is -2.26. The zero-order chi connectivity index (χ0) is 14.7. The van der Waals surface area contributed by atoms with Crippen molar-refractivity contribution in [2.75, 3.05) is 0 Å². The van der Waals surface area contributed by atoms with Crippen LogP contribution < -0.4 is 5.73 Å². The predicted molar refractivity (Wildman–Crippen MR) is 84.4 cm³/mol. The number of hydrogen-bond donors (Lipinski definition) is 2. The quantitative estimate of drug-likeness (QED) is 0.664. The number of aryl methyl sites for hydroxylation is 1. The molecule has 0 amide bonds. The molecule has 21 heavy (non-hydrogen) atoms. The minimum Gasteiger partial charge on any atom is -0.384 e. The van der Waals surface area contributed by atoms with E-state index in [9.17, 15) is 0 Å². The van der Waals surface area contributed by atoms with Crippen LogP contribution in [-0.4, -0.2) is 5.84 Å². The molecular formula is C18H20N2O. The maximum Gasteiger partial charge on any atom is 0.123 e. The molecule has 2 aromatic rings. The Balaban J connectivity index is 1.76. The van der Waals surface area contributed by atoms with E-state index in [1.165, 1.54) is 11.1 Å². The summed E-state index contributed by atoms with van der Waals surface area (Å²) in [6, 6.07) is 16.2. The second-order valence-corrected chi connectivity index (χ2v) is 5.46. The number of hydrogen-bond acceptors (Lipinski definition) is 2. The Kier molecular flexibility index (Phi) is 4.02. The summed E-state index contributed by atoms with van der Waals surface area (Å²) < 4.78 is 6.13. The fourth-order valence-corrected chi connectivity index (χ4v) is 2.98. The number of nitrogens with two attached hydrogens (primary N) is 1. The van der Waals surface area contributed by atoms with Crippen LogP contribution in [0.5, 0.6) is 0 Å². The van der Waals surface area contributed by atoms with Crippen LogP contribution in [0.15, 0.2) is 48.5 Å². The Bertz CT molecular complexity index is 651. The minimum absolute atomic E-state index is 0.0956. The van der Waals surface area contributed by atoms with Crippen LogP contribution in [-0.2, 0) is 17.8 Å². The third kappa shape index (κ3) is 2.98. The van der Waals surface area contributed by atoms with Crippen LogP contribution >= 0.6 is 0 Å². The van der Waals surface area contributed by atoms with Gasteiger partial charge in [0.15, 0.2) is 0 Å². The Morgan fingerprint density at radius 2 is 1.90 bits per heavy atom. The molecule has 0 spiro atoms. The van der Waals surface area contributed by atoms with Crippen LogP contribution in [0.1, 0.15) is 41.2 Å². The van der Waals surface area contributed by atoms with Gasteiger partial charge in [0, 0.05) is 5.56 Å². The summed E-state index contributed by atoms with van der Waals surface area (Å²) in [7, 11) is 0. The zero-order valence-corrected chi connectivity index (χ0v) is 12.0. The monoisotopic (exact) mass is 280 g/mol. The van der Waals surface area contributed by atoms with E-state index >= 15 is 0 Å². The smallest absolute Gasteiger partial charge is 0.123 e. The van der Waals surface area contributed by atoms with Gasteiger partial charge in [0.2, 0.25) is 0 Å². The van der Waals surface area contributed by atoms with E-state index in [1.807, 2.05) is 24.3 Å². The van der Waals surface area contributed by atoms with E-state index < -0.39 is 0 Å². The SMILES string of the molecule is N=C(N)c1ccccc1COC1CCCc2ccccc21. The van der Waals surface area contributed by atoms with Crippen LogP contribution in [0.3, 0.4) is 0 Å². The Morgan fingerprint density at radius 3 is 2.76 bits per heavy atom. The van der Waals surface area contributed by atoms with Crippen LogP contribution in [0.2, 0.25) is 0 Å². The van der Waals surface area contributed by atoms with E-state index in [0.29, 0.717) is 6.61 Å². The predicted octanol–water partition coefficient (Wildman–Crippen LogP) is 3.56.